The largest absolute Gasteiger partial charge is 0.433 e. The van der Waals surface area contributed by atoms with Gasteiger partial charge in [0.05, 0.1) is 25.3 Å². The lowest BCUT2D eigenvalue weighted by molar-refractivity contribution is -0.140. The minimum Gasteiger partial charge on any atom is -0.384 e. The van der Waals surface area contributed by atoms with E-state index in [1.807, 2.05) is 28.9 Å². The second-order valence-corrected chi connectivity index (χ2v) is 11.7. The summed E-state index contributed by atoms with van der Waals surface area (Å²) in [4.78, 5) is 8.45. The van der Waals surface area contributed by atoms with E-state index in [1.165, 1.54) is 6.07 Å². The number of nitrogens with zero attached hydrogens (tertiary/aromatic N) is 5. The number of ether oxygens (including phenoxy) is 1. The van der Waals surface area contributed by atoms with Gasteiger partial charge in [-0.1, -0.05) is 41.9 Å². The highest BCUT2D eigenvalue weighted by atomic mass is 35.5. The predicted octanol–water partition coefficient (Wildman–Crippen LogP) is 5.67. The molecule has 0 saturated carbocycles. The Morgan fingerprint density at radius 2 is 1.70 bits per heavy atom. The predicted molar refractivity (Wildman–Crippen MR) is 164 cm³/mol. The number of hydrogen-bond acceptors (Lipinski definition) is 7. The van der Waals surface area contributed by atoms with Crippen LogP contribution in [0.1, 0.15) is 24.1 Å². The maximum atomic E-state index is 13.7. The quantitative estimate of drug-likeness (QED) is 0.265. The van der Waals surface area contributed by atoms with Crippen molar-refractivity contribution in [2.45, 2.75) is 31.0 Å². The SMILES string of the molecule is Nc1cc(N2CCC(CNc3cc(C(F)(F)F)nc4ccc(Cl)cc34)(c3ccccc3)CC2)nn1CCN1CCOCC1. The number of halogens is 4. The average molecular weight is 614 g/mol. The van der Waals surface area contributed by atoms with Crippen molar-refractivity contribution in [1.29, 1.82) is 0 Å². The van der Waals surface area contributed by atoms with Gasteiger partial charge in [-0.2, -0.15) is 18.3 Å². The highest BCUT2D eigenvalue weighted by Crippen LogP contribution is 2.39. The first-order valence-corrected chi connectivity index (χ1v) is 14.9. The van der Waals surface area contributed by atoms with Gasteiger partial charge in [0.25, 0.3) is 0 Å². The van der Waals surface area contributed by atoms with E-state index in [0.717, 1.165) is 76.2 Å². The van der Waals surface area contributed by atoms with Crippen molar-refractivity contribution in [3.05, 3.63) is 76.9 Å². The Bertz CT molecular complexity index is 1550. The molecule has 0 spiro atoms. The highest BCUT2D eigenvalue weighted by molar-refractivity contribution is 6.31. The second-order valence-electron chi connectivity index (χ2n) is 11.3. The summed E-state index contributed by atoms with van der Waals surface area (Å²) in [6, 6.07) is 17.9. The van der Waals surface area contributed by atoms with Crippen LogP contribution in [0.2, 0.25) is 5.02 Å². The molecule has 0 amide bonds. The number of hydrogen-bond donors (Lipinski definition) is 2. The number of piperidine rings is 1. The van der Waals surface area contributed by atoms with Gasteiger partial charge in [0.1, 0.15) is 11.5 Å². The molecule has 3 N–H and O–H groups in total. The fourth-order valence-electron chi connectivity index (χ4n) is 6.09. The number of benzene rings is 2. The summed E-state index contributed by atoms with van der Waals surface area (Å²) in [5, 5.41) is 9.20. The molecule has 0 unspecified atom stereocenters. The van der Waals surface area contributed by atoms with Gasteiger partial charge in [-0.25, -0.2) is 9.67 Å². The number of alkyl halides is 3. The summed E-state index contributed by atoms with van der Waals surface area (Å²) in [5.41, 5.74) is 6.85. The molecule has 228 valence electrons. The number of morpholine rings is 1. The zero-order valence-electron chi connectivity index (χ0n) is 23.8. The Morgan fingerprint density at radius 3 is 2.42 bits per heavy atom. The molecule has 2 fully saturated rings. The van der Waals surface area contributed by atoms with Gasteiger partial charge in [-0.15, -0.1) is 0 Å². The number of rotatable bonds is 8. The molecule has 0 atom stereocenters. The summed E-state index contributed by atoms with van der Waals surface area (Å²) < 4.78 is 48.5. The lowest BCUT2D eigenvalue weighted by Crippen LogP contribution is -2.46. The van der Waals surface area contributed by atoms with Crippen molar-refractivity contribution in [2.75, 3.05) is 68.4 Å². The number of fused-ring (bicyclic) bond motifs is 1. The summed E-state index contributed by atoms with van der Waals surface area (Å²) in [6.45, 7) is 6.81. The fourth-order valence-corrected chi connectivity index (χ4v) is 6.26. The standard InChI is InChI=1S/C31H35ClF3N7O/c32-23-6-7-25-24(18-23)26(19-27(38-25)31(33,34)35)37-21-30(22-4-2-1-3-5-22)8-10-41(11-9-30)29-20-28(36)42(39-29)13-12-40-14-16-43-17-15-40/h1-7,18-20H,8-17,21,36H2,(H,37,38). The van der Waals surface area contributed by atoms with Crippen LogP contribution in [0.3, 0.4) is 0 Å². The topological polar surface area (TPSA) is 84.5 Å². The number of aromatic nitrogens is 3. The van der Waals surface area contributed by atoms with Crippen LogP contribution in [-0.4, -0.2) is 72.1 Å². The third-order valence-electron chi connectivity index (χ3n) is 8.64. The maximum absolute atomic E-state index is 13.7. The van der Waals surface area contributed by atoms with Crippen molar-refractivity contribution < 1.29 is 17.9 Å². The van der Waals surface area contributed by atoms with Crippen LogP contribution in [0.15, 0.2) is 60.7 Å². The van der Waals surface area contributed by atoms with Crippen LogP contribution in [0.25, 0.3) is 10.9 Å². The molecular weight excluding hydrogens is 579 g/mol. The van der Waals surface area contributed by atoms with Crippen LogP contribution < -0.4 is 16.0 Å². The molecule has 0 radical (unpaired) electrons. The van der Waals surface area contributed by atoms with Gasteiger partial charge in [0.15, 0.2) is 5.82 Å². The summed E-state index contributed by atoms with van der Waals surface area (Å²) >= 11 is 6.23. The number of nitrogens with one attached hydrogen (secondary N) is 1. The van der Waals surface area contributed by atoms with E-state index in [-0.39, 0.29) is 10.9 Å². The van der Waals surface area contributed by atoms with Crippen LogP contribution >= 0.6 is 11.6 Å². The van der Waals surface area contributed by atoms with Gasteiger partial charge in [-0.3, -0.25) is 4.90 Å². The monoisotopic (exact) mass is 613 g/mol. The number of nitrogen functional groups attached to an aromatic ring is 1. The normalized spacial score (nSPS) is 17.8. The van der Waals surface area contributed by atoms with E-state index in [1.54, 1.807) is 12.1 Å². The van der Waals surface area contributed by atoms with E-state index in [2.05, 4.69) is 32.2 Å². The van der Waals surface area contributed by atoms with Crippen molar-refractivity contribution in [2.24, 2.45) is 0 Å². The van der Waals surface area contributed by atoms with Gasteiger partial charge < -0.3 is 20.7 Å². The fraction of sp³-hybridized carbons (Fsp3) is 0.419. The molecular formula is C31H35ClF3N7O. The van der Waals surface area contributed by atoms with Gasteiger partial charge in [0, 0.05) is 66.8 Å². The lowest BCUT2D eigenvalue weighted by atomic mass is 9.72. The summed E-state index contributed by atoms with van der Waals surface area (Å²) in [5.74, 6) is 1.48. The van der Waals surface area contributed by atoms with E-state index in [4.69, 9.17) is 27.2 Å². The van der Waals surface area contributed by atoms with E-state index in [0.29, 0.717) is 35.0 Å². The van der Waals surface area contributed by atoms with Crippen molar-refractivity contribution in [3.63, 3.8) is 0 Å². The minimum atomic E-state index is -4.57. The van der Waals surface area contributed by atoms with Crippen LogP contribution in [-0.2, 0) is 22.9 Å². The average Bonchev–Trinajstić information content (AvgIpc) is 3.39. The Balaban J connectivity index is 1.21. The zero-order valence-corrected chi connectivity index (χ0v) is 24.5. The minimum absolute atomic E-state index is 0.243. The first-order valence-electron chi connectivity index (χ1n) is 14.6. The van der Waals surface area contributed by atoms with E-state index in [9.17, 15) is 13.2 Å². The Labute approximate surface area is 253 Å². The Kier molecular flexibility index (Phi) is 8.39. The van der Waals surface area contributed by atoms with E-state index >= 15 is 0 Å². The molecule has 4 aromatic rings. The molecule has 6 rings (SSSR count). The first kappa shape index (κ1) is 29.5. The molecule has 2 aliphatic rings. The van der Waals surface area contributed by atoms with Crippen molar-refractivity contribution >= 4 is 39.8 Å². The molecule has 2 aliphatic heterocycles. The zero-order chi connectivity index (χ0) is 30.0. The van der Waals surface area contributed by atoms with Gasteiger partial charge >= 0.3 is 6.18 Å². The number of anilines is 3. The molecule has 0 bridgehead atoms. The number of pyridine rings is 1. The van der Waals surface area contributed by atoms with Crippen LogP contribution in [0.5, 0.6) is 0 Å². The molecule has 2 saturated heterocycles. The lowest BCUT2D eigenvalue weighted by Gasteiger charge is -2.43. The molecule has 43 heavy (non-hydrogen) atoms. The Hall–Kier alpha value is -3.54. The van der Waals surface area contributed by atoms with Crippen LogP contribution in [0, 0.1) is 0 Å². The molecule has 8 nitrogen and oxygen atoms in total. The van der Waals surface area contributed by atoms with Crippen molar-refractivity contribution in [1.82, 2.24) is 19.7 Å². The molecule has 4 heterocycles. The molecule has 12 heteroatoms. The molecule has 2 aromatic carbocycles. The summed E-state index contributed by atoms with van der Waals surface area (Å²) in [6.07, 6.45) is -3.01. The van der Waals surface area contributed by atoms with Crippen LogP contribution in [0.4, 0.5) is 30.5 Å². The first-order chi connectivity index (χ1) is 20.7. The third kappa shape index (κ3) is 6.53. The summed E-state index contributed by atoms with van der Waals surface area (Å²) in [7, 11) is 0. The molecule has 0 aliphatic carbocycles. The highest BCUT2D eigenvalue weighted by Gasteiger charge is 2.38. The number of nitrogens with two attached hydrogens (primary N) is 1. The second kappa shape index (κ2) is 12.2. The Morgan fingerprint density at radius 1 is 0.953 bits per heavy atom. The van der Waals surface area contributed by atoms with Crippen molar-refractivity contribution in [3.8, 4) is 0 Å². The van der Waals surface area contributed by atoms with E-state index < -0.39 is 11.9 Å². The van der Waals surface area contributed by atoms with Gasteiger partial charge in [-0.05, 0) is 42.7 Å². The maximum Gasteiger partial charge on any atom is 0.433 e. The smallest absolute Gasteiger partial charge is 0.384 e. The molecule has 2 aromatic heterocycles. The van der Waals surface area contributed by atoms with Gasteiger partial charge in [0.2, 0.25) is 0 Å². The third-order valence-corrected chi connectivity index (χ3v) is 8.87.